The minimum Gasteiger partial charge on any atom is -0.481 e. The molecule has 3 rings (SSSR count). The van der Waals surface area contributed by atoms with E-state index in [4.69, 9.17) is 15.6 Å². The molecule has 0 atom stereocenters. The van der Waals surface area contributed by atoms with E-state index >= 15 is 0 Å². The standard InChI is InChI=1S/C20H24N4O4/c1-11-17(24-18(19(21)25)12(2)23-11)15-7-8-16(22-9-15)28-10-13-3-5-14(6-4-13)20(26)27/h7-9,13-14H,3-6,10H2,1-2H3,(H2,21,25)(H,26,27). The summed E-state index contributed by atoms with van der Waals surface area (Å²) in [5, 5.41) is 9.06. The van der Waals surface area contributed by atoms with Gasteiger partial charge in [0.15, 0.2) is 0 Å². The van der Waals surface area contributed by atoms with Crippen molar-refractivity contribution in [1.29, 1.82) is 0 Å². The van der Waals surface area contributed by atoms with E-state index in [0.717, 1.165) is 18.4 Å². The maximum absolute atomic E-state index is 11.5. The zero-order chi connectivity index (χ0) is 20.3. The highest BCUT2D eigenvalue weighted by Gasteiger charge is 2.26. The first-order valence-corrected chi connectivity index (χ1v) is 9.32. The number of carboxylic acid groups (broad SMARTS) is 1. The Bertz CT molecular complexity index is 875. The van der Waals surface area contributed by atoms with Crippen molar-refractivity contribution in [3.63, 3.8) is 0 Å². The molecule has 1 fully saturated rings. The van der Waals surface area contributed by atoms with Gasteiger partial charge in [0.2, 0.25) is 5.88 Å². The Labute approximate surface area is 163 Å². The fraction of sp³-hybridized carbons (Fsp3) is 0.450. The maximum Gasteiger partial charge on any atom is 0.306 e. The first-order chi connectivity index (χ1) is 13.3. The number of carbonyl (C=O) groups is 2. The van der Waals surface area contributed by atoms with Gasteiger partial charge in [-0.1, -0.05) is 0 Å². The number of aliphatic carboxylic acids is 1. The number of hydrogen-bond acceptors (Lipinski definition) is 6. The van der Waals surface area contributed by atoms with Crippen LogP contribution in [0.25, 0.3) is 11.3 Å². The van der Waals surface area contributed by atoms with Crippen molar-refractivity contribution in [2.75, 3.05) is 6.61 Å². The van der Waals surface area contributed by atoms with Crippen molar-refractivity contribution < 1.29 is 19.4 Å². The van der Waals surface area contributed by atoms with E-state index in [0.29, 0.717) is 48.3 Å². The maximum atomic E-state index is 11.5. The lowest BCUT2D eigenvalue weighted by Gasteiger charge is -2.25. The van der Waals surface area contributed by atoms with Gasteiger partial charge in [0.05, 0.1) is 29.6 Å². The molecule has 148 valence electrons. The lowest BCUT2D eigenvalue weighted by Crippen LogP contribution is -2.24. The quantitative estimate of drug-likeness (QED) is 0.783. The molecule has 0 saturated heterocycles. The van der Waals surface area contributed by atoms with Crippen LogP contribution in [0, 0.1) is 25.7 Å². The summed E-state index contributed by atoms with van der Waals surface area (Å²) in [6.45, 7) is 4.04. The monoisotopic (exact) mass is 384 g/mol. The number of aryl methyl sites for hydroxylation is 2. The molecule has 1 aliphatic rings. The molecule has 0 aromatic carbocycles. The molecule has 0 unspecified atom stereocenters. The Hall–Kier alpha value is -3.03. The number of aromatic nitrogens is 3. The van der Waals surface area contributed by atoms with E-state index in [1.54, 1.807) is 19.2 Å². The van der Waals surface area contributed by atoms with Crippen LogP contribution in [0.3, 0.4) is 0 Å². The van der Waals surface area contributed by atoms with Crippen LogP contribution >= 0.6 is 0 Å². The Kier molecular flexibility index (Phi) is 5.87. The highest BCUT2D eigenvalue weighted by molar-refractivity contribution is 5.92. The first-order valence-electron chi connectivity index (χ1n) is 9.32. The Morgan fingerprint density at radius 2 is 1.86 bits per heavy atom. The summed E-state index contributed by atoms with van der Waals surface area (Å²) in [7, 11) is 0. The Morgan fingerprint density at radius 1 is 1.14 bits per heavy atom. The average Bonchev–Trinajstić information content (AvgIpc) is 2.67. The highest BCUT2D eigenvalue weighted by Crippen LogP contribution is 2.29. The fourth-order valence-corrected chi connectivity index (χ4v) is 3.52. The number of rotatable bonds is 6. The van der Waals surface area contributed by atoms with Crippen molar-refractivity contribution >= 4 is 11.9 Å². The van der Waals surface area contributed by atoms with Crippen LogP contribution < -0.4 is 10.5 Å². The number of carboxylic acids is 1. The molecule has 0 aliphatic heterocycles. The summed E-state index contributed by atoms with van der Waals surface area (Å²) in [6, 6.07) is 3.57. The summed E-state index contributed by atoms with van der Waals surface area (Å²) in [6.07, 6.45) is 4.73. The van der Waals surface area contributed by atoms with E-state index < -0.39 is 11.9 Å². The molecule has 0 radical (unpaired) electrons. The Morgan fingerprint density at radius 3 is 2.43 bits per heavy atom. The third-order valence-electron chi connectivity index (χ3n) is 5.15. The van der Waals surface area contributed by atoms with Crippen molar-refractivity contribution in [3.8, 4) is 17.1 Å². The summed E-state index contributed by atoms with van der Waals surface area (Å²) in [5.41, 5.74) is 7.98. The molecule has 1 aliphatic carbocycles. The number of ether oxygens (including phenoxy) is 1. The second-order valence-electron chi connectivity index (χ2n) is 7.21. The van der Waals surface area contributed by atoms with Crippen LogP contribution in [0.15, 0.2) is 18.3 Å². The summed E-state index contributed by atoms with van der Waals surface area (Å²) >= 11 is 0. The molecule has 28 heavy (non-hydrogen) atoms. The molecule has 1 saturated carbocycles. The van der Waals surface area contributed by atoms with Crippen LogP contribution in [0.5, 0.6) is 5.88 Å². The third kappa shape index (κ3) is 4.44. The summed E-state index contributed by atoms with van der Waals surface area (Å²) in [5.74, 6) is -0.697. The molecule has 0 spiro atoms. The number of primary amides is 1. The van der Waals surface area contributed by atoms with E-state index in [1.165, 1.54) is 0 Å². The molecule has 1 amide bonds. The normalized spacial score (nSPS) is 19.2. The molecule has 2 aromatic rings. The van der Waals surface area contributed by atoms with Gasteiger partial charge in [0.25, 0.3) is 5.91 Å². The fourth-order valence-electron chi connectivity index (χ4n) is 3.52. The molecular formula is C20H24N4O4. The van der Waals surface area contributed by atoms with E-state index in [9.17, 15) is 9.59 Å². The van der Waals surface area contributed by atoms with E-state index in [2.05, 4.69) is 15.0 Å². The van der Waals surface area contributed by atoms with Crippen LogP contribution in [0.4, 0.5) is 0 Å². The van der Waals surface area contributed by atoms with Crippen LogP contribution in [0.1, 0.15) is 47.6 Å². The van der Waals surface area contributed by atoms with Crippen LogP contribution in [0.2, 0.25) is 0 Å². The molecular weight excluding hydrogens is 360 g/mol. The van der Waals surface area contributed by atoms with Gasteiger partial charge >= 0.3 is 5.97 Å². The average molecular weight is 384 g/mol. The topological polar surface area (TPSA) is 128 Å². The van der Waals surface area contributed by atoms with E-state index in [1.807, 2.05) is 13.0 Å². The number of nitrogens with zero attached hydrogens (tertiary/aromatic N) is 3. The van der Waals surface area contributed by atoms with Gasteiger partial charge < -0.3 is 15.6 Å². The number of carbonyl (C=O) groups excluding carboxylic acids is 1. The Balaban J connectivity index is 1.64. The second-order valence-corrected chi connectivity index (χ2v) is 7.21. The molecule has 3 N–H and O–H groups in total. The smallest absolute Gasteiger partial charge is 0.306 e. The molecule has 8 heteroatoms. The van der Waals surface area contributed by atoms with Gasteiger partial charge in [-0.25, -0.2) is 9.97 Å². The number of amides is 1. The van der Waals surface area contributed by atoms with Gasteiger partial charge in [-0.15, -0.1) is 0 Å². The van der Waals surface area contributed by atoms with Crippen molar-refractivity contribution in [1.82, 2.24) is 15.0 Å². The van der Waals surface area contributed by atoms with Gasteiger partial charge in [-0.3, -0.25) is 14.6 Å². The minimum atomic E-state index is -0.703. The lowest BCUT2D eigenvalue weighted by atomic mass is 9.82. The van der Waals surface area contributed by atoms with Crippen LogP contribution in [-0.2, 0) is 4.79 Å². The summed E-state index contributed by atoms with van der Waals surface area (Å²) in [4.78, 5) is 35.5. The van der Waals surface area contributed by atoms with Gasteiger partial charge in [0.1, 0.15) is 5.69 Å². The highest BCUT2D eigenvalue weighted by atomic mass is 16.5. The second kappa shape index (κ2) is 8.33. The lowest BCUT2D eigenvalue weighted by molar-refractivity contribution is -0.143. The molecule has 8 nitrogen and oxygen atoms in total. The van der Waals surface area contributed by atoms with Crippen molar-refractivity contribution in [2.24, 2.45) is 17.6 Å². The third-order valence-corrected chi connectivity index (χ3v) is 5.15. The van der Waals surface area contributed by atoms with E-state index in [-0.39, 0.29) is 11.6 Å². The molecule has 2 heterocycles. The predicted molar refractivity (Wildman–Crippen MR) is 102 cm³/mol. The predicted octanol–water partition coefficient (Wildman–Crippen LogP) is 2.52. The zero-order valence-corrected chi connectivity index (χ0v) is 16.0. The molecule has 0 bridgehead atoms. The first kappa shape index (κ1) is 19.7. The SMILES string of the molecule is Cc1nc(C)c(-c2ccc(OCC3CCC(C(=O)O)CC3)nc2)nc1C(N)=O. The minimum absolute atomic E-state index is 0.151. The van der Waals surface area contributed by atoms with Gasteiger partial charge in [-0.05, 0) is 51.5 Å². The number of nitrogens with two attached hydrogens (primary N) is 1. The largest absolute Gasteiger partial charge is 0.481 e. The van der Waals surface area contributed by atoms with Gasteiger partial charge in [0, 0.05) is 17.8 Å². The number of pyridine rings is 1. The zero-order valence-electron chi connectivity index (χ0n) is 16.0. The van der Waals surface area contributed by atoms with Gasteiger partial charge in [-0.2, -0.15) is 0 Å². The molecule has 2 aromatic heterocycles. The van der Waals surface area contributed by atoms with Crippen molar-refractivity contribution in [2.45, 2.75) is 39.5 Å². The van der Waals surface area contributed by atoms with Crippen molar-refractivity contribution in [3.05, 3.63) is 35.4 Å². The summed E-state index contributed by atoms with van der Waals surface area (Å²) < 4.78 is 5.77. The number of hydrogen-bond donors (Lipinski definition) is 2. The van der Waals surface area contributed by atoms with Crippen LogP contribution in [-0.4, -0.2) is 38.5 Å².